The molecule has 4 N–H and O–H groups in total. The Morgan fingerprint density at radius 2 is 2.11 bits per heavy atom. The number of amides is 2. The second-order valence-corrected chi connectivity index (χ2v) is 5.14. The van der Waals surface area contributed by atoms with Crippen molar-refractivity contribution in [2.75, 3.05) is 19.3 Å². The normalized spacial score (nSPS) is 10.9. The first kappa shape index (κ1) is 15.2. The van der Waals surface area contributed by atoms with E-state index in [4.69, 9.17) is 17.3 Å². The van der Waals surface area contributed by atoms with Gasteiger partial charge in [0.25, 0.3) is 5.91 Å². The van der Waals surface area contributed by atoms with E-state index in [1.165, 1.54) is 12.3 Å². The fourth-order valence-electron chi connectivity index (χ4n) is 1.39. The third-order valence-corrected chi connectivity index (χ3v) is 2.97. The van der Waals surface area contributed by atoms with Gasteiger partial charge in [-0.2, -0.15) is 0 Å². The summed E-state index contributed by atoms with van der Waals surface area (Å²) in [5.41, 5.74) is 5.06. The van der Waals surface area contributed by atoms with Gasteiger partial charge in [-0.25, -0.2) is 4.98 Å². The molecule has 0 aromatic carbocycles. The lowest BCUT2D eigenvalue weighted by Crippen LogP contribution is -2.43. The summed E-state index contributed by atoms with van der Waals surface area (Å²) in [5.74, 6) is -0.337. The van der Waals surface area contributed by atoms with E-state index < -0.39 is 5.41 Å². The van der Waals surface area contributed by atoms with Crippen molar-refractivity contribution in [2.24, 2.45) is 5.41 Å². The van der Waals surface area contributed by atoms with E-state index in [-0.39, 0.29) is 29.2 Å². The Kier molecular flexibility index (Phi) is 4.72. The number of anilines is 1. The van der Waals surface area contributed by atoms with Gasteiger partial charge in [-0.15, -0.1) is 0 Å². The van der Waals surface area contributed by atoms with Crippen molar-refractivity contribution in [3.63, 3.8) is 0 Å². The van der Waals surface area contributed by atoms with Crippen LogP contribution in [0.5, 0.6) is 0 Å². The molecule has 0 fully saturated rings. The number of nitrogens with two attached hydrogens (primary N) is 1. The van der Waals surface area contributed by atoms with E-state index in [0.717, 1.165) is 0 Å². The SMILES string of the molecule is CNC(=O)C(C)(C)CNC(=O)c1cnc(N)c(Cl)c1. The minimum atomic E-state index is -0.699. The number of nitrogens with one attached hydrogen (secondary N) is 2. The van der Waals surface area contributed by atoms with Gasteiger partial charge in [0.05, 0.1) is 16.0 Å². The van der Waals surface area contributed by atoms with Crippen LogP contribution in [0.4, 0.5) is 5.82 Å². The van der Waals surface area contributed by atoms with E-state index in [1.807, 2.05) is 0 Å². The molecule has 0 spiro atoms. The molecule has 1 heterocycles. The van der Waals surface area contributed by atoms with Crippen LogP contribution in [0.25, 0.3) is 0 Å². The van der Waals surface area contributed by atoms with Crippen LogP contribution in [-0.2, 0) is 4.79 Å². The molecule has 0 aliphatic rings. The predicted molar refractivity (Wildman–Crippen MR) is 73.8 cm³/mol. The van der Waals surface area contributed by atoms with E-state index in [9.17, 15) is 9.59 Å². The Morgan fingerprint density at radius 1 is 1.47 bits per heavy atom. The number of pyridine rings is 1. The molecule has 19 heavy (non-hydrogen) atoms. The molecule has 2 amide bonds. The second kappa shape index (κ2) is 5.88. The van der Waals surface area contributed by atoms with Crippen LogP contribution >= 0.6 is 11.6 Å². The monoisotopic (exact) mass is 284 g/mol. The predicted octanol–water partition coefficient (Wildman–Crippen LogP) is 0.819. The van der Waals surface area contributed by atoms with Crippen LogP contribution in [0, 0.1) is 5.41 Å². The van der Waals surface area contributed by atoms with Gasteiger partial charge in [0, 0.05) is 19.8 Å². The van der Waals surface area contributed by atoms with Crippen molar-refractivity contribution < 1.29 is 9.59 Å². The average molecular weight is 285 g/mol. The molecule has 1 rings (SSSR count). The molecule has 0 saturated heterocycles. The molecule has 0 unspecified atom stereocenters. The maximum atomic E-state index is 11.9. The maximum absolute atomic E-state index is 11.9. The summed E-state index contributed by atoms with van der Waals surface area (Å²) in [6, 6.07) is 1.44. The maximum Gasteiger partial charge on any atom is 0.252 e. The first-order valence-electron chi connectivity index (χ1n) is 5.69. The first-order chi connectivity index (χ1) is 8.77. The van der Waals surface area contributed by atoms with Gasteiger partial charge in [-0.05, 0) is 19.9 Å². The second-order valence-electron chi connectivity index (χ2n) is 4.74. The molecule has 0 radical (unpaired) electrons. The minimum Gasteiger partial charge on any atom is -0.382 e. The molecule has 0 bridgehead atoms. The number of halogens is 1. The number of nitrogens with zero attached hydrogens (tertiary/aromatic N) is 1. The van der Waals surface area contributed by atoms with E-state index in [0.29, 0.717) is 5.56 Å². The number of carbonyl (C=O) groups excluding carboxylic acids is 2. The molecule has 0 saturated carbocycles. The van der Waals surface area contributed by atoms with Gasteiger partial charge in [0.2, 0.25) is 5.91 Å². The lowest BCUT2D eigenvalue weighted by atomic mass is 9.92. The third kappa shape index (κ3) is 3.82. The molecule has 0 atom stereocenters. The van der Waals surface area contributed by atoms with E-state index in [1.54, 1.807) is 20.9 Å². The standard InChI is InChI=1S/C12H17ClN4O2/c1-12(2,11(19)15-3)6-17-10(18)7-4-8(13)9(14)16-5-7/h4-5H,6H2,1-3H3,(H2,14,16)(H,15,19)(H,17,18). The van der Waals surface area contributed by atoms with Gasteiger partial charge in [-0.1, -0.05) is 11.6 Å². The minimum absolute atomic E-state index is 0.152. The van der Waals surface area contributed by atoms with Crippen molar-refractivity contribution in [1.29, 1.82) is 0 Å². The van der Waals surface area contributed by atoms with Crippen LogP contribution in [-0.4, -0.2) is 30.4 Å². The van der Waals surface area contributed by atoms with Crippen molar-refractivity contribution in [3.05, 3.63) is 22.8 Å². The molecule has 0 aliphatic carbocycles. The highest BCUT2D eigenvalue weighted by molar-refractivity contribution is 6.33. The first-order valence-corrected chi connectivity index (χ1v) is 6.07. The lowest BCUT2D eigenvalue weighted by molar-refractivity contribution is -0.128. The number of rotatable bonds is 4. The molecule has 7 heteroatoms. The van der Waals surface area contributed by atoms with Crippen LogP contribution in [0.1, 0.15) is 24.2 Å². The quantitative estimate of drug-likeness (QED) is 0.762. The van der Waals surface area contributed by atoms with Gasteiger partial charge in [0.15, 0.2) is 0 Å². The summed E-state index contributed by atoms with van der Waals surface area (Å²) in [4.78, 5) is 27.3. The molecule has 1 aromatic heterocycles. The fourth-order valence-corrected chi connectivity index (χ4v) is 1.56. The zero-order chi connectivity index (χ0) is 14.6. The summed E-state index contributed by atoms with van der Waals surface area (Å²) in [5, 5.41) is 5.43. The fraction of sp³-hybridized carbons (Fsp3) is 0.417. The average Bonchev–Trinajstić information content (AvgIpc) is 2.38. The van der Waals surface area contributed by atoms with Crippen LogP contribution in [0.3, 0.4) is 0 Å². The Bertz CT molecular complexity index is 503. The van der Waals surface area contributed by atoms with Crippen molar-refractivity contribution in [3.8, 4) is 0 Å². The zero-order valence-corrected chi connectivity index (χ0v) is 11.8. The molecular formula is C12H17ClN4O2. The topological polar surface area (TPSA) is 97.1 Å². The van der Waals surface area contributed by atoms with Gasteiger partial charge in [-0.3, -0.25) is 9.59 Å². The van der Waals surface area contributed by atoms with Crippen LogP contribution < -0.4 is 16.4 Å². The molecule has 6 nitrogen and oxygen atoms in total. The number of nitrogen functional groups attached to an aromatic ring is 1. The zero-order valence-electron chi connectivity index (χ0n) is 11.1. The Morgan fingerprint density at radius 3 is 2.63 bits per heavy atom. The molecule has 1 aromatic rings. The summed E-state index contributed by atoms with van der Waals surface area (Å²) in [7, 11) is 1.55. The summed E-state index contributed by atoms with van der Waals surface area (Å²) >= 11 is 5.79. The summed E-state index contributed by atoms with van der Waals surface area (Å²) < 4.78 is 0. The Balaban J connectivity index is 2.70. The highest BCUT2D eigenvalue weighted by atomic mass is 35.5. The van der Waals surface area contributed by atoms with E-state index >= 15 is 0 Å². The number of hydrogen-bond acceptors (Lipinski definition) is 4. The molecular weight excluding hydrogens is 268 g/mol. The Labute approximate surface area is 116 Å². The number of carbonyl (C=O) groups is 2. The Hall–Kier alpha value is -1.82. The van der Waals surface area contributed by atoms with Crippen molar-refractivity contribution in [1.82, 2.24) is 15.6 Å². The largest absolute Gasteiger partial charge is 0.382 e. The highest BCUT2D eigenvalue weighted by Gasteiger charge is 2.27. The smallest absolute Gasteiger partial charge is 0.252 e. The van der Waals surface area contributed by atoms with Crippen molar-refractivity contribution >= 4 is 29.2 Å². The van der Waals surface area contributed by atoms with Crippen molar-refractivity contribution in [2.45, 2.75) is 13.8 Å². The summed E-state index contributed by atoms with van der Waals surface area (Å²) in [6.07, 6.45) is 1.34. The van der Waals surface area contributed by atoms with Crippen LogP contribution in [0.15, 0.2) is 12.3 Å². The van der Waals surface area contributed by atoms with Crippen LogP contribution in [0.2, 0.25) is 5.02 Å². The number of aromatic nitrogens is 1. The van der Waals surface area contributed by atoms with Gasteiger partial charge in [0.1, 0.15) is 5.82 Å². The van der Waals surface area contributed by atoms with Gasteiger partial charge >= 0.3 is 0 Å². The third-order valence-electron chi connectivity index (χ3n) is 2.66. The lowest BCUT2D eigenvalue weighted by Gasteiger charge is -2.22. The van der Waals surface area contributed by atoms with E-state index in [2.05, 4.69) is 15.6 Å². The molecule has 104 valence electrons. The molecule has 0 aliphatic heterocycles. The highest BCUT2D eigenvalue weighted by Crippen LogP contribution is 2.17. The number of hydrogen-bond donors (Lipinski definition) is 3. The summed E-state index contributed by atoms with van der Waals surface area (Å²) in [6.45, 7) is 3.67. The van der Waals surface area contributed by atoms with Gasteiger partial charge < -0.3 is 16.4 Å².